The summed E-state index contributed by atoms with van der Waals surface area (Å²) >= 11 is 7.19. The Morgan fingerprint density at radius 3 is 2.71 bits per heavy atom. The maximum Gasteiger partial charge on any atom is 0.0592 e. The summed E-state index contributed by atoms with van der Waals surface area (Å²) in [5.41, 5.74) is 1.26. The van der Waals surface area contributed by atoms with Crippen LogP contribution in [-0.2, 0) is 0 Å². The van der Waals surface area contributed by atoms with E-state index in [9.17, 15) is 0 Å². The van der Waals surface area contributed by atoms with Crippen molar-refractivity contribution < 1.29 is 0 Å². The normalized spacial score (nSPS) is 18.6. The van der Waals surface area contributed by atoms with E-state index in [2.05, 4.69) is 47.8 Å². The smallest absolute Gasteiger partial charge is 0.0592 e. The van der Waals surface area contributed by atoms with Gasteiger partial charge in [-0.1, -0.05) is 15.9 Å². The van der Waals surface area contributed by atoms with Gasteiger partial charge in [-0.25, -0.2) is 0 Å². The molecule has 0 aliphatic carbocycles. The van der Waals surface area contributed by atoms with Crippen LogP contribution < -0.4 is 4.90 Å². The molecule has 1 saturated heterocycles. The van der Waals surface area contributed by atoms with E-state index in [0.29, 0.717) is 4.83 Å². The second-order valence-electron chi connectivity index (χ2n) is 3.49. The maximum atomic E-state index is 4.07. The Morgan fingerprint density at radius 1 is 1.36 bits per heavy atom. The van der Waals surface area contributed by atoms with E-state index in [0.717, 1.165) is 17.6 Å². The molecule has 2 rings (SSSR count). The molecule has 4 heteroatoms. The summed E-state index contributed by atoms with van der Waals surface area (Å²) < 4.78 is 1.09. The molecule has 1 aromatic rings. The SMILES string of the molecule is Brc1cnccc1N1CCC(Br)CC1. The molecule has 0 aromatic carbocycles. The first-order valence-electron chi connectivity index (χ1n) is 4.76. The van der Waals surface area contributed by atoms with Crippen LogP contribution in [0.2, 0.25) is 0 Å². The molecule has 2 nitrogen and oxygen atoms in total. The van der Waals surface area contributed by atoms with Crippen molar-refractivity contribution >= 4 is 37.5 Å². The van der Waals surface area contributed by atoms with E-state index in [1.807, 2.05) is 12.4 Å². The molecule has 76 valence electrons. The van der Waals surface area contributed by atoms with Gasteiger partial charge in [-0.3, -0.25) is 4.98 Å². The van der Waals surface area contributed by atoms with Crippen molar-refractivity contribution in [1.82, 2.24) is 4.98 Å². The average Bonchev–Trinajstić information content (AvgIpc) is 2.20. The van der Waals surface area contributed by atoms with E-state index in [1.165, 1.54) is 18.5 Å². The third-order valence-electron chi connectivity index (χ3n) is 2.52. The monoisotopic (exact) mass is 318 g/mol. The Morgan fingerprint density at radius 2 is 2.07 bits per heavy atom. The first-order valence-corrected chi connectivity index (χ1v) is 6.47. The third-order valence-corrected chi connectivity index (χ3v) is 4.04. The fourth-order valence-electron chi connectivity index (χ4n) is 1.71. The minimum absolute atomic E-state index is 0.694. The van der Waals surface area contributed by atoms with Crippen LogP contribution in [0.5, 0.6) is 0 Å². The van der Waals surface area contributed by atoms with Gasteiger partial charge < -0.3 is 4.90 Å². The number of alkyl halides is 1. The highest BCUT2D eigenvalue weighted by molar-refractivity contribution is 9.10. The molecular formula is C10H12Br2N2. The Labute approximate surface area is 101 Å². The zero-order valence-electron chi connectivity index (χ0n) is 7.79. The quantitative estimate of drug-likeness (QED) is 0.739. The van der Waals surface area contributed by atoms with E-state index < -0.39 is 0 Å². The second-order valence-corrected chi connectivity index (χ2v) is 5.64. The topological polar surface area (TPSA) is 16.1 Å². The number of rotatable bonds is 1. The van der Waals surface area contributed by atoms with Gasteiger partial charge in [0, 0.05) is 30.3 Å². The van der Waals surface area contributed by atoms with Gasteiger partial charge in [0.2, 0.25) is 0 Å². The minimum atomic E-state index is 0.694. The van der Waals surface area contributed by atoms with Crippen molar-refractivity contribution in [2.75, 3.05) is 18.0 Å². The Balaban J connectivity index is 2.12. The minimum Gasteiger partial charge on any atom is -0.370 e. The molecule has 0 radical (unpaired) electrons. The van der Waals surface area contributed by atoms with Gasteiger partial charge in [0.15, 0.2) is 0 Å². The van der Waals surface area contributed by atoms with Crippen molar-refractivity contribution in [3.63, 3.8) is 0 Å². The van der Waals surface area contributed by atoms with Gasteiger partial charge in [0.05, 0.1) is 10.2 Å². The summed E-state index contributed by atoms with van der Waals surface area (Å²) in [4.78, 5) is 7.17. The molecule has 14 heavy (non-hydrogen) atoms. The summed E-state index contributed by atoms with van der Waals surface area (Å²) in [5, 5.41) is 0. The molecule has 1 aliphatic heterocycles. The highest BCUT2D eigenvalue weighted by Crippen LogP contribution is 2.28. The molecule has 0 unspecified atom stereocenters. The standard InChI is InChI=1S/C10H12Br2N2/c11-8-2-5-14(6-3-8)10-1-4-13-7-9(10)12/h1,4,7-8H,2-3,5-6H2. The number of piperidine rings is 1. The third kappa shape index (κ3) is 2.28. The Kier molecular flexibility index (Phi) is 3.44. The highest BCUT2D eigenvalue weighted by Gasteiger charge is 2.18. The summed E-state index contributed by atoms with van der Waals surface area (Å²) in [6.45, 7) is 2.25. The van der Waals surface area contributed by atoms with Crippen LogP contribution >= 0.6 is 31.9 Å². The lowest BCUT2D eigenvalue weighted by molar-refractivity contribution is 0.596. The molecule has 1 aliphatic rings. The number of aromatic nitrogens is 1. The van der Waals surface area contributed by atoms with Crippen LogP contribution in [0.15, 0.2) is 22.9 Å². The lowest BCUT2D eigenvalue weighted by Crippen LogP contribution is -2.34. The van der Waals surface area contributed by atoms with Gasteiger partial charge >= 0.3 is 0 Å². The van der Waals surface area contributed by atoms with E-state index >= 15 is 0 Å². The van der Waals surface area contributed by atoms with Crippen LogP contribution in [0, 0.1) is 0 Å². The number of halogens is 2. The second kappa shape index (κ2) is 4.62. The van der Waals surface area contributed by atoms with Gasteiger partial charge in [0.25, 0.3) is 0 Å². The van der Waals surface area contributed by atoms with Gasteiger partial charge in [-0.15, -0.1) is 0 Å². The molecule has 0 saturated carbocycles. The lowest BCUT2D eigenvalue weighted by Gasteiger charge is -2.31. The number of anilines is 1. The molecule has 2 heterocycles. The largest absolute Gasteiger partial charge is 0.370 e. The molecule has 0 amide bonds. The number of hydrogen-bond acceptors (Lipinski definition) is 2. The summed E-state index contributed by atoms with van der Waals surface area (Å²) in [5.74, 6) is 0. The number of nitrogens with zero attached hydrogens (tertiary/aromatic N) is 2. The van der Waals surface area contributed by atoms with Gasteiger partial charge in [0.1, 0.15) is 0 Å². The highest BCUT2D eigenvalue weighted by atomic mass is 79.9. The molecule has 0 atom stereocenters. The molecular weight excluding hydrogens is 308 g/mol. The van der Waals surface area contributed by atoms with Crippen LogP contribution in [0.4, 0.5) is 5.69 Å². The van der Waals surface area contributed by atoms with Crippen LogP contribution in [0.1, 0.15) is 12.8 Å². The predicted octanol–water partition coefficient (Wildman–Crippen LogP) is 3.21. The molecule has 1 aromatic heterocycles. The zero-order valence-corrected chi connectivity index (χ0v) is 11.0. The molecule has 0 bridgehead atoms. The van der Waals surface area contributed by atoms with Crippen molar-refractivity contribution in [2.24, 2.45) is 0 Å². The van der Waals surface area contributed by atoms with Crippen LogP contribution in [0.3, 0.4) is 0 Å². The Bertz CT molecular complexity index is 309. The van der Waals surface area contributed by atoms with Crippen molar-refractivity contribution in [1.29, 1.82) is 0 Å². The lowest BCUT2D eigenvalue weighted by atomic mass is 10.1. The van der Waals surface area contributed by atoms with Crippen molar-refractivity contribution in [3.8, 4) is 0 Å². The van der Waals surface area contributed by atoms with Crippen LogP contribution in [0.25, 0.3) is 0 Å². The van der Waals surface area contributed by atoms with Gasteiger partial charge in [-0.05, 0) is 34.8 Å². The Hall–Kier alpha value is -0.0900. The van der Waals surface area contributed by atoms with Crippen LogP contribution in [-0.4, -0.2) is 22.9 Å². The summed E-state index contributed by atoms with van der Waals surface area (Å²) in [6, 6.07) is 2.07. The predicted molar refractivity (Wildman–Crippen MR) is 66.1 cm³/mol. The van der Waals surface area contributed by atoms with Crippen molar-refractivity contribution in [2.45, 2.75) is 17.7 Å². The molecule has 1 fully saturated rings. The maximum absolute atomic E-state index is 4.07. The number of pyridine rings is 1. The van der Waals surface area contributed by atoms with Gasteiger partial charge in [-0.2, -0.15) is 0 Å². The summed E-state index contributed by atoms with van der Waals surface area (Å²) in [6.07, 6.45) is 6.14. The first-order chi connectivity index (χ1) is 6.77. The van der Waals surface area contributed by atoms with E-state index in [1.54, 1.807) is 0 Å². The van der Waals surface area contributed by atoms with E-state index in [4.69, 9.17) is 0 Å². The molecule has 0 N–H and O–H groups in total. The number of hydrogen-bond donors (Lipinski definition) is 0. The molecule has 0 spiro atoms. The first kappa shape index (κ1) is 10.4. The fourth-order valence-corrected chi connectivity index (χ4v) is 2.62. The van der Waals surface area contributed by atoms with E-state index in [-0.39, 0.29) is 0 Å². The zero-order chi connectivity index (χ0) is 9.97. The average molecular weight is 320 g/mol. The fraction of sp³-hybridized carbons (Fsp3) is 0.500. The summed E-state index contributed by atoms with van der Waals surface area (Å²) in [7, 11) is 0. The van der Waals surface area contributed by atoms with Crippen molar-refractivity contribution in [3.05, 3.63) is 22.9 Å².